The fourth-order valence-electron chi connectivity index (χ4n) is 1.48. The van der Waals surface area contributed by atoms with Crippen LogP contribution in [-0.2, 0) is 0 Å². The van der Waals surface area contributed by atoms with E-state index < -0.39 is 5.60 Å². The van der Waals surface area contributed by atoms with E-state index in [-0.39, 0.29) is 5.28 Å². The third-order valence-corrected chi connectivity index (χ3v) is 3.35. The molecule has 0 amide bonds. The fraction of sp³-hybridized carbons (Fsp3) is 0.556. The summed E-state index contributed by atoms with van der Waals surface area (Å²) in [6, 6.07) is 0. The molecule has 1 aliphatic rings. The van der Waals surface area contributed by atoms with E-state index in [1.807, 2.05) is 0 Å². The number of aliphatic hydroxyl groups is 1. The van der Waals surface area contributed by atoms with E-state index in [0.717, 1.165) is 23.7 Å². The summed E-state index contributed by atoms with van der Waals surface area (Å²) in [7, 11) is 0. The standard InChI is InChI=1S/C9H11BrClN3O/c10-6-4-12-8(11)14-7(6)13-5-9(15)2-1-3-9/h4,15H,1-3,5H2,(H,12,13,14). The maximum absolute atomic E-state index is 9.88. The number of aromatic nitrogens is 2. The average Bonchev–Trinajstić information content (AvgIpc) is 2.17. The normalized spacial score (nSPS) is 18.3. The Balaban J connectivity index is 2.01. The molecule has 82 valence electrons. The second-order valence-electron chi connectivity index (χ2n) is 3.77. The topological polar surface area (TPSA) is 58.0 Å². The lowest BCUT2D eigenvalue weighted by atomic mass is 9.80. The maximum Gasteiger partial charge on any atom is 0.224 e. The van der Waals surface area contributed by atoms with Crippen molar-refractivity contribution in [2.45, 2.75) is 24.9 Å². The third-order valence-electron chi connectivity index (χ3n) is 2.58. The van der Waals surface area contributed by atoms with E-state index in [2.05, 4.69) is 31.2 Å². The smallest absolute Gasteiger partial charge is 0.224 e. The molecule has 0 unspecified atom stereocenters. The molecule has 0 atom stereocenters. The second-order valence-corrected chi connectivity index (χ2v) is 4.96. The molecule has 0 aromatic carbocycles. The van der Waals surface area contributed by atoms with Gasteiger partial charge in [-0.1, -0.05) is 0 Å². The van der Waals surface area contributed by atoms with Gasteiger partial charge in [0.15, 0.2) is 0 Å². The minimum Gasteiger partial charge on any atom is -0.388 e. The van der Waals surface area contributed by atoms with Gasteiger partial charge in [0, 0.05) is 12.7 Å². The van der Waals surface area contributed by atoms with Gasteiger partial charge >= 0.3 is 0 Å². The Hall–Kier alpha value is -0.390. The van der Waals surface area contributed by atoms with Crippen LogP contribution in [0.5, 0.6) is 0 Å². The van der Waals surface area contributed by atoms with Crippen LogP contribution in [0.3, 0.4) is 0 Å². The lowest BCUT2D eigenvalue weighted by Crippen LogP contribution is -2.43. The zero-order valence-corrected chi connectivity index (χ0v) is 10.3. The van der Waals surface area contributed by atoms with Gasteiger partial charge < -0.3 is 10.4 Å². The highest BCUT2D eigenvalue weighted by Gasteiger charge is 2.34. The Labute approximate surface area is 101 Å². The average molecular weight is 293 g/mol. The predicted octanol–water partition coefficient (Wildman–Crippen LogP) is 2.22. The zero-order chi connectivity index (χ0) is 10.9. The van der Waals surface area contributed by atoms with Crippen LogP contribution in [0.2, 0.25) is 5.28 Å². The maximum atomic E-state index is 9.88. The highest BCUT2D eigenvalue weighted by Crippen LogP contribution is 2.32. The molecule has 2 N–H and O–H groups in total. The SMILES string of the molecule is OC1(CNc2nc(Cl)ncc2Br)CCC1. The van der Waals surface area contributed by atoms with Crippen molar-refractivity contribution in [1.82, 2.24) is 9.97 Å². The van der Waals surface area contributed by atoms with Gasteiger partial charge in [-0.2, -0.15) is 4.98 Å². The van der Waals surface area contributed by atoms with Crippen LogP contribution in [-0.4, -0.2) is 27.2 Å². The Morgan fingerprint density at radius 3 is 2.93 bits per heavy atom. The van der Waals surface area contributed by atoms with E-state index in [4.69, 9.17) is 11.6 Å². The van der Waals surface area contributed by atoms with Crippen molar-refractivity contribution in [3.63, 3.8) is 0 Å². The summed E-state index contributed by atoms with van der Waals surface area (Å²) in [5, 5.41) is 13.1. The largest absolute Gasteiger partial charge is 0.388 e. The number of hydrogen-bond donors (Lipinski definition) is 2. The Morgan fingerprint density at radius 1 is 1.60 bits per heavy atom. The van der Waals surface area contributed by atoms with Gasteiger partial charge in [0.05, 0.1) is 10.1 Å². The highest BCUT2D eigenvalue weighted by atomic mass is 79.9. The van der Waals surface area contributed by atoms with Crippen LogP contribution in [0.4, 0.5) is 5.82 Å². The summed E-state index contributed by atoms with van der Waals surface area (Å²) in [5.41, 5.74) is -0.573. The van der Waals surface area contributed by atoms with Gasteiger partial charge in [0.2, 0.25) is 5.28 Å². The fourth-order valence-corrected chi connectivity index (χ4v) is 1.94. The summed E-state index contributed by atoms with van der Waals surface area (Å²) < 4.78 is 0.745. The first kappa shape index (κ1) is 11.1. The van der Waals surface area contributed by atoms with E-state index >= 15 is 0 Å². The molecule has 1 aromatic rings. The summed E-state index contributed by atoms with van der Waals surface area (Å²) in [4.78, 5) is 7.84. The van der Waals surface area contributed by atoms with Gasteiger partial charge in [-0.25, -0.2) is 4.98 Å². The molecule has 0 radical (unpaired) electrons. The quantitative estimate of drug-likeness (QED) is 0.839. The Morgan fingerprint density at radius 2 is 2.33 bits per heavy atom. The van der Waals surface area contributed by atoms with Crippen molar-refractivity contribution in [3.05, 3.63) is 16.0 Å². The minimum atomic E-state index is -0.573. The number of nitrogens with one attached hydrogen (secondary N) is 1. The molecular weight excluding hydrogens is 281 g/mol. The zero-order valence-electron chi connectivity index (χ0n) is 8.00. The van der Waals surface area contributed by atoms with Crippen LogP contribution < -0.4 is 5.32 Å². The minimum absolute atomic E-state index is 0.196. The molecule has 0 saturated heterocycles. The van der Waals surface area contributed by atoms with Crippen molar-refractivity contribution in [2.24, 2.45) is 0 Å². The molecule has 1 aromatic heterocycles. The van der Waals surface area contributed by atoms with Crippen LogP contribution >= 0.6 is 27.5 Å². The lowest BCUT2D eigenvalue weighted by molar-refractivity contribution is -0.0202. The molecule has 1 heterocycles. The number of rotatable bonds is 3. The van der Waals surface area contributed by atoms with Crippen LogP contribution in [0.25, 0.3) is 0 Å². The first-order chi connectivity index (χ1) is 7.09. The van der Waals surface area contributed by atoms with Crippen LogP contribution in [0, 0.1) is 0 Å². The lowest BCUT2D eigenvalue weighted by Gasteiger charge is -2.36. The van der Waals surface area contributed by atoms with E-state index in [1.54, 1.807) is 6.20 Å². The predicted molar refractivity (Wildman–Crippen MR) is 62.0 cm³/mol. The molecule has 15 heavy (non-hydrogen) atoms. The van der Waals surface area contributed by atoms with Crippen LogP contribution in [0.15, 0.2) is 10.7 Å². The Bertz CT molecular complexity index is 370. The molecule has 1 saturated carbocycles. The van der Waals surface area contributed by atoms with E-state index in [0.29, 0.717) is 12.4 Å². The third kappa shape index (κ3) is 2.59. The molecule has 1 fully saturated rings. The van der Waals surface area contributed by atoms with Gasteiger partial charge in [0.1, 0.15) is 5.82 Å². The molecule has 4 nitrogen and oxygen atoms in total. The number of anilines is 1. The van der Waals surface area contributed by atoms with Crippen molar-refractivity contribution in [2.75, 3.05) is 11.9 Å². The van der Waals surface area contributed by atoms with Gasteiger partial charge in [-0.05, 0) is 46.8 Å². The van der Waals surface area contributed by atoms with Gasteiger partial charge in [0.25, 0.3) is 0 Å². The summed E-state index contributed by atoms with van der Waals surface area (Å²) >= 11 is 8.98. The highest BCUT2D eigenvalue weighted by molar-refractivity contribution is 9.10. The second kappa shape index (κ2) is 4.23. The molecular formula is C9H11BrClN3O. The summed E-state index contributed by atoms with van der Waals surface area (Å²) in [5.74, 6) is 0.621. The number of halogens is 2. The molecule has 2 rings (SSSR count). The van der Waals surface area contributed by atoms with Crippen molar-refractivity contribution >= 4 is 33.3 Å². The van der Waals surface area contributed by atoms with Crippen LogP contribution in [0.1, 0.15) is 19.3 Å². The van der Waals surface area contributed by atoms with E-state index in [9.17, 15) is 5.11 Å². The summed E-state index contributed by atoms with van der Waals surface area (Å²) in [6.07, 6.45) is 4.36. The van der Waals surface area contributed by atoms with Gasteiger partial charge in [-0.3, -0.25) is 0 Å². The van der Waals surface area contributed by atoms with Crippen molar-refractivity contribution in [1.29, 1.82) is 0 Å². The molecule has 0 aliphatic heterocycles. The molecule has 0 spiro atoms. The summed E-state index contributed by atoms with van der Waals surface area (Å²) in [6.45, 7) is 0.499. The van der Waals surface area contributed by atoms with Gasteiger partial charge in [-0.15, -0.1) is 0 Å². The number of hydrogen-bond acceptors (Lipinski definition) is 4. The first-order valence-corrected chi connectivity index (χ1v) is 5.90. The monoisotopic (exact) mass is 291 g/mol. The van der Waals surface area contributed by atoms with E-state index in [1.165, 1.54) is 0 Å². The molecule has 0 bridgehead atoms. The van der Waals surface area contributed by atoms with Crippen molar-refractivity contribution < 1.29 is 5.11 Å². The Kier molecular flexibility index (Phi) is 3.13. The first-order valence-electron chi connectivity index (χ1n) is 4.73. The van der Waals surface area contributed by atoms with Crippen molar-refractivity contribution in [3.8, 4) is 0 Å². The molecule has 1 aliphatic carbocycles. The molecule has 6 heteroatoms. The number of nitrogens with zero attached hydrogens (tertiary/aromatic N) is 2.